The Bertz CT molecular complexity index is 1090. The molecule has 4 atom stereocenters. The molecule has 0 aliphatic heterocycles. The van der Waals surface area contributed by atoms with Gasteiger partial charge >= 0.3 is 0 Å². The molecule has 0 saturated heterocycles. The Morgan fingerprint density at radius 1 is 0.348 bits per heavy atom. The van der Waals surface area contributed by atoms with Crippen LogP contribution in [0.4, 0.5) is 0 Å². The molecule has 0 bridgehead atoms. The highest BCUT2D eigenvalue weighted by atomic mass is 16.3. The molecule has 0 heterocycles. The zero-order valence-electron chi connectivity index (χ0n) is 46.3. The third-order valence-corrected chi connectivity index (χ3v) is 14.6. The summed E-state index contributed by atoms with van der Waals surface area (Å²) >= 11 is 0. The van der Waals surface area contributed by atoms with Gasteiger partial charge in [0, 0.05) is 0 Å². The molecular weight excluding hydrogens is 851 g/mol. The average Bonchev–Trinajstić information content (AvgIpc) is 3.35. The molecule has 0 radical (unpaired) electrons. The molecular formula is C63H121NO5. The number of allylic oxidation sites excluding steroid dienone is 6. The van der Waals surface area contributed by atoms with E-state index in [1.54, 1.807) is 0 Å². The van der Waals surface area contributed by atoms with Crippen LogP contribution in [-0.4, -0.2) is 57.3 Å². The molecule has 408 valence electrons. The zero-order chi connectivity index (χ0) is 50.2. The molecule has 0 aromatic heterocycles. The number of hydrogen-bond donors (Lipinski definition) is 5. The summed E-state index contributed by atoms with van der Waals surface area (Å²) in [6, 6.07) is -1.01. The summed E-state index contributed by atoms with van der Waals surface area (Å²) < 4.78 is 0. The maximum absolute atomic E-state index is 12.6. The standard InChI is InChI=1S/C63H121NO5/c1-3-5-7-9-11-13-15-17-19-21-23-25-27-28-29-30-31-32-33-35-37-39-41-43-45-47-49-51-53-55-57-61(67)63(69)64-59(58-65)62(68)60(66)56-54-52-50-48-46-44-42-40-38-36-34-26-24-22-20-18-16-14-12-10-8-6-4-2/h26,34,40,42,48,50,59-62,65-68H,3-25,27-33,35-39,41,43-47,49,51-58H2,1-2H3,(H,64,69)/b34-26+,42-40+,50-48+. The Balaban J connectivity index is 3.63. The first-order valence-corrected chi connectivity index (χ1v) is 30.9. The van der Waals surface area contributed by atoms with E-state index in [0.29, 0.717) is 19.3 Å². The van der Waals surface area contributed by atoms with Crippen LogP contribution in [0.5, 0.6) is 0 Å². The third-order valence-electron chi connectivity index (χ3n) is 14.6. The second kappa shape index (κ2) is 57.4. The molecule has 1 amide bonds. The first-order valence-electron chi connectivity index (χ1n) is 30.9. The van der Waals surface area contributed by atoms with Crippen molar-refractivity contribution in [2.75, 3.05) is 6.61 Å². The number of amides is 1. The van der Waals surface area contributed by atoms with Crippen molar-refractivity contribution in [2.45, 2.75) is 353 Å². The SMILES string of the molecule is CCCCCCCCCCCC/C=C/CC/C=C/CC/C=C/CCCC(O)C(O)C(CO)NC(=O)C(O)CCCCCCCCCCCCCCCCCCCCCCCCCCCCCCCC. The molecule has 0 aliphatic rings. The number of carbonyl (C=O) groups excluding carboxylic acids is 1. The van der Waals surface area contributed by atoms with Crippen LogP contribution in [0.1, 0.15) is 328 Å². The van der Waals surface area contributed by atoms with E-state index in [9.17, 15) is 25.2 Å². The van der Waals surface area contributed by atoms with Gasteiger partial charge in [0.25, 0.3) is 0 Å². The number of aliphatic hydroxyl groups is 4. The van der Waals surface area contributed by atoms with Gasteiger partial charge in [0.15, 0.2) is 0 Å². The van der Waals surface area contributed by atoms with E-state index in [1.807, 2.05) is 0 Å². The highest BCUT2D eigenvalue weighted by molar-refractivity contribution is 5.80. The van der Waals surface area contributed by atoms with Crippen LogP contribution in [0.2, 0.25) is 0 Å². The molecule has 0 rings (SSSR count). The quantitative estimate of drug-likeness (QED) is 0.0308. The van der Waals surface area contributed by atoms with Gasteiger partial charge < -0.3 is 25.7 Å². The summed E-state index contributed by atoms with van der Waals surface area (Å²) in [7, 11) is 0. The molecule has 0 saturated carbocycles. The van der Waals surface area contributed by atoms with Gasteiger partial charge in [-0.15, -0.1) is 0 Å². The fourth-order valence-electron chi connectivity index (χ4n) is 9.74. The minimum atomic E-state index is -1.29. The predicted octanol–water partition coefficient (Wildman–Crippen LogP) is 18.4. The van der Waals surface area contributed by atoms with E-state index >= 15 is 0 Å². The van der Waals surface area contributed by atoms with Crippen LogP contribution in [0.15, 0.2) is 36.5 Å². The number of unbranched alkanes of at least 4 members (excludes halogenated alkanes) is 42. The summed E-state index contributed by atoms with van der Waals surface area (Å²) in [4.78, 5) is 12.6. The van der Waals surface area contributed by atoms with Crippen LogP contribution < -0.4 is 5.32 Å². The van der Waals surface area contributed by atoms with Crippen molar-refractivity contribution in [1.82, 2.24) is 5.32 Å². The average molecular weight is 973 g/mol. The Kier molecular flexibility index (Phi) is 56.2. The van der Waals surface area contributed by atoms with E-state index < -0.39 is 36.9 Å². The Labute approximate surface area is 430 Å². The molecule has 6 nitrogen and oxygen atoms in total. The summed E-state index contributed by atoms with van der Waals surface area (Å²) in [5.41, 5.74) is 0. The lowest BCUT2D eigenvalue weighted by molar-refractivity contribution is -0.132. The third kappa shape index (κ3) is 51.2. The van der Waals surface area contributed by atoms with Crippen molar-refractivity contribution >= 4 is 5.91 Å². The van der Waals surface area contributed by atoms with Crippen molar-refractivity contribution in [3.63, 3.8) is 0 Å². The maximum atomic E-state index is 12.6. The summed E-state index contributed by atoms with van der Waals surface area (Å²) in [6.07, 6.45) is 72.4. The number of nitrogens with one attached hydrogen (secondary N) is 1. The highest BCUT2D eigenvalue weighted by Crippen LogP contribution is 2.18. The first kappa shape index (κ1) is 67.5. The molecule has 0 fully saturated rings. The lowest BCUT2D eigenvalue weighted by Gasteiger charge is -2.27. The molecule has 0 aliphatic carbocycles. The van der Waals surface area contributed by atoms with Crippen LogP contribution >= 0.6 is 0 Å². The van der Waals surface area contributed by atoms with E-state index in [-0.39, 0.29) is 0 Å². The summed E-state index contributed by atoms with van der Waals surface area (Å²) in [5.74, 6) is -0.594. The minimum absolute atomic E-state index is 0.362. The number of carbonyl (C=O) groups is 1. The van der Waals surface area contributed by atoms with E-state index in [4.69, 9.17) is 0 Å². The summed E-state index contributed by atoms with van der Waals surface area (Å²) in [6.45, 7) is 4.08. The monoisotopic (exact) mass is 972 g/mol. The lowest BCUT2D eigenvalue weighted by Crippen LogP contribution is -2.53. The Hall–Kier alpha value is -1.47. The van der Waals surface area contributed by atoms with Crippen molar-refractivity contribution in [2.24, 2.45) is 0 Å². The summed E-state index contributed by atoms with van der Waals surface area (Å²) in [5, 5.41) is 44.0. The van der Waals surface area contributed by atoms with Crippen LogP contribution in [0.25, 0.3) is 0 Å². The van der Waals surface area contributed by atoms with Crippen LogP contribution in [0, 0.1) is 0 Å². The fourth-order valence-corrected chi connectivity index (χ4v) is 9.74. The maximum Gasteiger partial charge on any atom is 0.249 e. The van der Waals surface area contributed by atoms with Gasteiger partial charge in [0.1, 0.15) is 12.2 Å². The fraction of sp³-hybridized carbons (Fsp3) is 0.889. The van der Waals surface area contributed by atoms with Crippen molar-refractivity contribution < 1.29 is 25.2 Å². The Morgan fingerprint density at radius 2 is 0.609 bits per heavy atom. The molecule has 4 unspecified atom stereocenters. The number of rotatable bonds is 57. The molecule has 5 N–H and O–H groups in total. The van der Waals surface area contributed by atoms with Gasteiger partial charge in [-0.3, -0.25) is 4.79 Å². The number of hydrogen-bond acceptors (Lipinski definition) is 5. The van der Waals surface area contributed by atoms with Crippen LogP contribution in [0.3, 0.4) is 0 Å². The largest absolute Gasteiger partial charge is 0.394 e. The first-order chi connectivity index (χ1) is 34.0. The van der Waals surface area contributed by atoms with Crippen molar-refractivity contribution in [1.29, 1.82) is 0 Å². The molecule has 6 heteroatoms. The van der Waals surface area contributed by atoms with Gasteiger partial charge in [0.2, 0.25) is 5.91 Å². The lowest BCUT2D eigenvalue weighted by atomic mass is 10.00. The van der Waals surface area contributed by atoms with Gasteiger partial charge in [-0.2, -0.15) is 0 Å². The van der Waals surface area contributed by atoms with Gasteiger partial charge in [-0.1, -0.05) is 301 Å². The molecule has 0 aromatic rings. The molecule has 69 heavy (non-hydrogen) atoms. The number of aliphatic hydroxyl groups excluding tert-OH is 4. The van der Waals surface area contributed by atoms with Crippen LogP contribution in [-0.2, 0) is 4.79 Å². The molecule has 0 aromatic carbocycles. The van der Waals surface area contributed by atoms with Gasteiger partial charge in [-0.05, 0) is 64.2 Å². The predicted molar refractivity (Wildman–Crippen MR) is 302 cm³/mol. The van der Waals surface area contributed by atoms with Crippen molar-refractivity contribution in [3.8, 4) is 0 Å². The van der Waals surface area contributed by atoms with Gasteiger partial charge in [0.05, 0.1) is 18.8 Å². The second-order valence-corrected chi connectivity index (χ2v) is 21.4. The zero-order valence-corrected chi connectivity index (χ0v) is 46.3. The van der Waals surface area contributed by atoms with E-state index in [2.05, 4.69) is 55.6 Å². The normalized spacial score (nSPS) is 13.9. The van der Waals surface area contributed by atoms with E-state index in [0.717, 1.165) is 51.4 Å². The highest BCUT2D eigenvalue weighted by Gasteiger charge is 2.28. The molecule has 0 spiro atoms. The second-order valence-electron chi connectivity index (χ2n) is 21.4. The van der Waals surface area contributed by atoms with Crippen molar-refractivity contribution in [3.05, 3.63) is 36.5 Å². The minimum Gasteiger partial charge on any atom is -0.394 e. The topological polar surface area (TPSA) is 110 Å². The Morgan fingerprint density at radius 3 is 0.913 bits per heavy atom. The smallest absolute Gasteiger partial charge is 0.249 e. The van der Waals surface area contributed by atoms with Gasteiger partial charge in [-0.25, -0.2) is 0 Å². The van der Waals surface area contributed by atoms with E-state index in [1.165, 1.54) is 244 Å².